The van der Waals surface area contributed by atoms with Crippen molar-refractivity contribution < 1.29 is 19.1 Å². The van der Waals surface area contributed by atoms with E-state index in [1.165, 1.54) is 6.92 Å². The molecule has 0 radical (unpaired) electrons. The molecule has 3 amide bonds. The molecule has 0 unspecified atom stereocenters. The molecule has 7 heteroatoms. The molecule has 0 atom stereocenters. The average molecular weight is 397 g/mol. The van der Waals surface area contributed by atoms with Crippen molar-refractivity contribution in [3.05, 3.63) is 54.1 Å². The second-order valence-electron chi connectivity index (χ2n) is 7.20. The Morgan fingerprint density at radius 1 is 0.931 bits per heavy atom. The van der Waals surface area contributed by atoms with Crippen molar-refractivity contribution >= 4 is 29.1 Å². The van der Waals surface area contributed by atoms with Crippen molar-refractivity contribution in [2.75, 3.05) is 24.3 Å². The first-order valence-corrected chi connectivity index (χ1v) is 9.32. The van der Waals surface area contributed by atoms with Crippen LogP contribution in [0.25, 0.3) is 0 Å². The minimum absolute atomic E-state index is 0.204. The Kier molecular flexibility index (Phi) is 7.36. The normalized spacial score (nSPS) is 10.8. The third kappa shape index (κ3) is 6.34. The Balaban J connectivity index is 1.93. The van der Waals surface area contributed by atoms with Gasteiger partial charge >= 0.3 is 0 Å². The average Bonchev–Trinajstić information content (AvgIpc) is 2.67. The van der Waals surface area contributed by atoms with E-state index in [2.05, 4.69) is 16.0 Å². The second kappa shape index (κ2) is 9.73. The van der Waals surface area contributed by atoms with E-state index in [-0.39, 0.29) is 11.8 Å². The van der Waals surface area contributed by atoms with Crippen LogP contribution in [0.4, 0.5) is 11.4 Å². The first kappa shape index (κ1) is 21.9. The second-order valence-corrected chi connectivity index (χ2v) is 7.20. The van der Waals surface area contributed by atoms with E-state index < -0.39 is 11.3 Å². The van der Waals surface area contributed by atoms with E-state index in [0.717, 1.165) is 11.3 Å². The van der Waals surface area contributed by atoms with E-state index in [1.54, 1.807) is 45.2 Å². The number of ether oxygens (including phenoxy) is 1. The van der Waals surface area contributed by atoms with Crippen molar-refractivity contribution in [2.24, 2.45) is 5.41 Å². The lowest BCUT2D eigenvalue weighted by atomic mass is 9.90. The zero-order valence-corrected chi connectivity index (χ0v) is 17.2. The van der Waals surface area contributed by atoms with Gasteiger partial charge in [0.05, 0.1) is 7.11 Å². The van der Waals surface area contributed by atoms with Crippen LogP contribution in [-0.2, 0) is 20.8 Å². The molecule has 0 fully saturated rings. The first-order chi connectivity index (χ1) is 13.7. The molecule has 0 aromatic heterocycles. The first-order valence-electron chi connectivity index (χ1n) is 9.32. The molecule has 2 aromatic carbocycles. The number of methoxy groups -OCH3 is 1. The van der Waals surface area contributed by atoms with Gasteiger partial charge in [-0.2, -0.15) is 0 Å². The van der Waals surface area contributed by atoms with Gasteiger partial charge in [-0.1, -0.05) is 18.2 Å². The molecule has 154 valence electrons. The number of nitrogens with one attached hydrogen (secondary N) is 3. The highest BCUT2D eigenvalue weighted by Crippen LogP contribution is 2.21. The summed E-state index contributed by atoms with van der Waals surface area (Å²) < 4.78 is 5.19. The summed E-state index contributed by atoms with van der Waals surface area (Å²) in [6.45, 7) is 4.95. The number of hydrogen-bond acceptors (Lipinski definition) is 4. The highest BCUT2D eigenvalue weighted by atomic mass is 16.5. The molecule has 0 saturated heterocycles. The molecule has 2 aromatic rings. The van der Waals surface area contributed by atoms with Gasteiger partial charge in [0.1, 0.15) is 11.2 Å². The minimum atomic E-state index is -1.27. The molecule has 0 spiro atoms. The standard InChI is InChI=1S/C22H27N3O4/c1-15(26)24-17-8-6-9-18(14-17)25-21(28)22(2,3)20(27)23-12-11-16-7-5-10-19(13-16)29-4/h5-10,13-14H,11-12H2,1-4H3,(H,23,27)(H,24,26)(H,25,28). The number of carbonyl (C=O) groups excluding carboxylic acids is 3. The summed E-state index contributed by atoms with van der Waals surface area (Å²) in [5, 5.41) is 8.20. The number of amides is 3. The Morgan fingerprint density at radius 3 is 2.24 bits per heavy atom. The molecule has 3 N–H and O–H groups in total. The monoisotopic (exact) mass is 397 g/mol. The number of hydrogen-bond donors (Lipinski definition) is 3. The maximum absolute atomic E-state index is 12.6. The Bertz CT molecular complexity index is 893. The Labute approximate surface area is 170 Å². The quantitative estimate of drug-likeness (QED) is 0.597. The summed E-state index contributed by atoms with van der Waals surface area (Å²) in [6, 6.07) is 14.4. The number of benzene rings is 2. The molecule has 7 nitrogen and oxygen atoms in total. The van der Waals surface area contributed by atoms with E-state index in [4.69, 9.17) is 4.74 Å². The van der Waals surface area contributed by atoms with Gasteiger partial charge in [0, 0.05) is 24.8 Å². The van der Waals surface area contributed by atoms with Gasteiger partial charge in [-0.15, -0.1) is 0 Å². The fraction of sp³-hybridized carbons (Fsp3) is 0.318. The highest BCUT2D eigenvalue weighted by Gasteiger charge is 2.35. The highest BCUT2D eigenvalue weighted by molar-refractivity contribution is 6.10. The van der Waals surface area contributed by atoms with Gasteiger partial charge < -0.3 is 20.7 Å². The van der Waals surface area contributed by atoms with Crippen molar-refractivity contribution in [1.29, 1.82) is 0 Å². The van der Waals surface area contributed by atoms with Crippen LogP contribution < -0.4 is 20.7 Å². The van der Waals surface area contributed by atoms with Crippen LogP contribution in [0.15, 0.2) is 48.5 Å². The predicted octanol–water partition coefficient (Wildman–Crippen LogP) is 2.98. The summed E-state index contributed by atoms with van der Waals surface area (Å²) >= 11 is 0. The molecule has 0 heterocycles. The van der Waals surface area contributed by atoms with Gasteiger partial charge in [-0.25, -0.2) is 0 Å². The predicted molar refractivity (Wildman–Crippen MR) is 113 cm³/mol. The maximum Gasteiger partial charge on any atom is 0.239 e. The van der Waals surface area contributed by atoms with Crippen molar-refractivity contribution in [1.82, 2.24) is 5.32 Å². The van der Waals surface area contributed by atoms with Gasteiger partial charge in [0.2, 0.25) is 17.7 Å². The number of anilines is 2. The lowest BCUT2D eigenvalue weighted by Gasteiger charge is -2.23. The van der Waals surface area contributed by atoms with Gasteiger partial charge in [-0.05, 0) is 56.2 Å². The fourth-order valence-corrected chi connectivity index (χ4v) is 2.64. The van der Waals surface area contributed by atoms with Crippen LogP contribution in [0.2, 0.25) is 0 Å². The lowest BCUT2D eigenvalue weighted by molar-refractivity contribution is -0.138. The molecule has 0 aliphatic carbocycles. The molecular formula is C22H27N3O4. The summed E-state index contributed by atoms with van der Waals surface area (Å²) in [5.41, 5.74) is 0.828. The Morgan fingerprint density at radius 2 is 1.59 bits per heavy atom. The summed E-state index contributed by atoms with van der Waals surface area (Å²) in [7, 11) is 1.61. The molecule has 2 rings (SSSR count). The van der Waals surface area contributed by atoms with Crippen molar-refractivity contribution in [3.63, 3.8) is 0 Å². The van der Waals surface area contributed by atoms with Crippen molar-refractivity contribution in [3.8, 4) is 5.75 Å². The zero-order valence-electron chi connectivity index (χ0n) is 17.2. The summed E-state index contributed by atoms with van der Waals surface area (Å²) in [6.07, 6.45) is 0.624. The largest absolute Gasteiger partial charge is 0.497 e. The Hall–Kier alpha value is -3.35. The van der Waals surface area contributed by atoms with E-state index in [0.29, 0.717) is 24.3 Å². The van der Waals surface area contributed by atoms with Crippen LogP contribution in [0.3, 0.4) is 0 Å². The SMILES string of the molecule is COc1cccc(CCNC(=O)C(C)(C)C(=O)Nc2cccc(NC(C)=O)c2)c1. The fourth-order valence-electron chi connectivity index (χ4n) is 2.64. The maximum atomic E-state index is 12.6. The van der Waals surface area contributed by atoms with Crippen molar-refractivity contribution in [2.45, 2.75) is 27.2 Å². The van der Waals surface area contributed by atoms with E-state index in [9.17, 15) is 14.4 Å². The molecular weight excluding hydrogens is 370 g/mol. The molecule has 0 aliphatic rings. The van der Waals surface area contributed by atoms with Crippen LogP contribution >= 0.6 is 0 Å². The number of carbonyl (C=O) groups is 3. The van der Waals surface area contributed by atoms with E-state index in [1.807, 2.05) is 24.3 Å². The summed E-state index contributed by atoms with van der Waals surface area (Å²) in [4.78, 5) is 36.4. The molecule has 0 aliphatic heterocycles. The van der Waals surface area contributed by atoms with Gasteiger partial charge in [0.15, 0.2) is 0 Å². The van der Waals surface area contributed by atoms with Gasteiger partial charge in [-0.3, -0.25) is 14.4 Å². The third-order valence-corrected chi connectivity index (χ3v) is 4.41. The smallest absolute Gasteiger partial charge is 0.239 e. The van der Waals surface area contributed by atoms with Crippen LogP contribution in [0.5, 0.6) is 5.75 Å². The molecule has 29 heavy (non-hydrogen) atoms. The molecule has 0 bridgehead atoms. The summed E-state index contributed by atoms with van der Waals surface area (Å²) in [5.74, 6) is -0.244. The topological polar surface area (TPSA) is 96.5 Å². The van der Waals surface area contributed by atoms with Crippen LogP contribution in [0.1, 0.15) is 26.3 Å². The van der Waals surface area contributed by atoms with Gasteiger partial charge in [0.25, 0.3) is 0 Å². The third-order valence-electron chi connectivity index (χ3n) is 4.41. The minimum Gasteiger partial charge on any atom is -0.497 e. The molecule has 0 saturated carbocycles. The lowest BCUT2D eigenvalue weighted by Crippen LogP contribution is -2.45. The zero-order chi connectivity index (χ0) is 21.4. The van der Waals surface area contributed by atoms with E-state index >= 15 is 0 Å². The van der Waals surface area contributed by atoms with Crippen LogP contribution in [-0.4, -0.2) is 31.4 Å². The van der Waals surface area contributed by atoms with Crippen LogP contribution in [0, 0.1) is 5.41 Å². The number of rotatable bonds is 8.